The van der Waals surface area contributed by atoms with Crippen molar-refractivity contribution in [2.75, 3.05) is 38.3 Å². The molecule has 0 bridgehead atoms. The molecule has 1 aliphatic heterocycles. The number of ether oxygens (including phenoxy) is 1. The predicted molar refractivity (Wildman–Crippen MR) is 127 cm³/mol. The number of anilines is 1. The van der Waals surface area contributed by atoms with Crippen LogP contribution in [0.5, 0.6) is 0 Å². The monoisotopic (exact) mass is 542 g/mol. The second-order valence-corrected chi connectivity index (χ2v) is 8.15. The Bertz CT molecular complexity index is 1200. The fraction of sp³-hybridized carbons (Fsp3) is 0.320. The molecule has 2 aromatic carbocycles. The van der Waals surface area contributed by atoms with E-state index in [0.29, 0.717) is 50.1 Å². The summed E-state index contributed by atoms with van der Waals surface area (Å²) in [5.41, 5.74) is -1.32. The lowest BCUT2D eigenvalue weighted by Crippen LogP contribution is -2.37. The molecule has 1 aliphatic rings. The first-order valence-corrected chi connectivity index (χ1v) is 11.3. The minimum atomic E-state index is -4.79. The molecule has 0 unspecified atom stereocenters. The molecule has 1 aromatic heterocycles. The van der Waals surface area contributed by atoms with Crippen LogP contribution in [-0.2, 0) is 23.6 Å². The van der Waals surface area contributed by atoms with Gasteiger partial charge in [0.15, 0.2) is 0 Å². The predicted octanol–water partition coefficient (Wildman–Crippen LogP) is 5.12. The lowest BCUT2D eigenvalue weighted by molar-refractivity contribution is -0.143. The van der Waals surface area contributed by atoms with Crippen LogP contribution in [0.3, 0.4) is 0 Å². The number of carboxylic acids is 1. The van der Waals surface area contributed by atoms with Crippen molar-refractivity contribution in [3.63, 3.8) is 0 Å². The van der Waals surface area contributed by atoms with E-state index in [1.807, 2.05) is 35.2 Å². The highest BCUT2D eigenvalue weighted by atomic mass is 19.4. The third kappa shape index (κ3) is 7.65. The van der Waals surface area contributed by atoms with Gasteiger partial charge in [-0.05, 0) is 30.8 Å². The zero-order chi connectivity index (χ0) is 27.9. The van der Waals surface area contributed by atoms with Crippen LogP contribution in [0.1, 0.15) is 27.0 Å². The Morgan fingerprint density at radius 1 is 1.00 bits per heavy atom. The van der Waals surface area contributed by atoms with Crippen LogP contribution in [0.25, 0.3) is 11.3 Å². The molecule has 3 aromatic rings. The summed E-state index contributed by atoms with van der Waals surface area (Å²) in [4.78, 5) is 22.0. The SMILES string of the molecule is CNCc1cc(C(F)(F)F)cc(C(F)(F)F)c1.O=C(O)c1cnc(N2CCOCC2)nc1-c1ccccc1. The van der Waals surface area contributed by atoms with Crippen LogP contribution in [0.15, 0.2) is 54.7 Å². The highest BCUT2D eigenvalue weighted by Gasteiger charge is 2.36. The number of carbonyl (C=O) groups is 1. The molecule has 13 heteroatoms. The fourth-order valence-corrected chi connectivity index (χ4v) is 3.59. The van der Waals surface area contributed by atoms with Crippen molar-refractivity contribution in [3.05, 3.63) is 77.0 Å². The van der Waals surface area contributed by atoms with E-state index < -0.39 is 29.4 Å². The van der Waals surface area contributed by atoms with Gasteiger partial charge in [0.25, 0.3) is 0 Å². The molecule has 2 N–H and O–H groups in total. The largest absolute Gasteiger partial charge is 0.478 e. The summed E-state index contributed by atoms with van der Waals surface area (Å²) < 4.78 is 79.6. The normalized spacial score (nSPS) is 14.0. The molecular weight excluding hydrogens is 518 g/mol. The first-order valence-electron chi connectivity index (χ1n) is 11.3. The Balaban J connectivity index is 0.000000216. The number of aromatic carboxylic acids is 1. The molecule has 4 rings (SSSR count). The van der Waals surface area contributed by atoms with Gasteiger partial charge in [0.05, 0.1) is 30.0 Å². The quantitative estimate of drug-likeness (QED) is 0.433. The van der Waals surface area contributed by atoms with Crippen molar-refractivity contribution in [2.45, 2.75) is 18.9 Å². The van der Waals surface area contributed by atoms with E-state index in [1.54, 1.807) is 0 Å². The molecule has 0 atom stereocenters. The number of rotatable bonds is 5. The molecule has 0 saturated carbocycles. The second-order valence-electron chi connectivity index (χ2n) is 8.15. The minimum Gasteiger partial charge on any atom is -0.478 e. The molecule has 38 heavy (non-hydrogen) atoms. The van der Waals surface area contributed by atoms with E-state index in [4.69, 9.17) is 4.74 Å². The maximum absolute atomic E-state index is 12.4. The van der Waals surface area contributed by atoms with E-state index in [0.717, 1.165) is 5.56 Å². The molecule has 7 nitrogen and oxygen atoms in total. The summed E-state index contributed by atoms with van der Waals surface area (Å²) in [6, 6.07) is 10.8. The van der Waals surface area contributed by atoms with E-state index in [-0.39, 0.29) is 23.7 Å². The molecule has 0 radical (unpaired) electrons. The topological polar surface area (TPSA) is 87.6 Å². The zero-order valence-corrected chi connectivity index (χ0v) is 20.1. The summed E-state index contributed by atoms with van der Waals surface area (Å²) in [6.07, 6.45) is -8.20. The molecule has 0 spiro atoms. The Hall–Kier alpha value is -3.71. The maximum Gasteiger partial charge on any atom is 0.416 e. The van der Waals surface area contributed by atoms with Crippen molar-refractivity contribution in [1.82, 2.24) is 15.3 Å². The molecule has 2 heterocycles. The highest BCUT2D eigenvalue weighted by molar-refractivity contribution is 5.94. The molecule has 1 saturated heterocycles. The summed E-state index contributed by atoms with van der Waals surface area (Å²) in [6.45, 7) is 2.61. The number of morpholine rings is 1. The molecule has 0 aliphatic carbocycles. The van der Waals surface area contributed by atoms with Crippen LogP contribution in [-0.4, -0.2) is 54.4 Å². The lowest BCUT2D eigenvalue weighted by atomic mass is 10.0. The first kappa shape index (κ1) is 28.9. The second kappa shape index (κ2) is 12.2. The zero-order valence-electron chi connectivity index (χ0n) is 20.1. The van der Waals surface area contributed by atoms with Gasteiger partial charge in [-0.3, -0.25) is 0 Å². The third-order valence-electron chi connectivity index (χ3n) is 5.38. The van der Waals surface area contributed by atoms with Crippen LogP contribution in [0.4, 0.5) is 32.3 Å². The van der Waals surface area contributed by atoms with Gasteiger partial charge in [-0.15, -0.1) is 0 Å². The van der Waals surface area contributed by atoms with Gasteiger partial charge in [-0.2, -0.15) is 26.3 Å². The Labute approximate surface area is 214 Å². The highest BCUT2D eigenvalue weighted by Crippen LogP contribution is 2.36. The summed E-state index contributed by atoms with van der Waals surface area (Å²) >= 11 is 0. The Morgan fingerprint density at radius 2 is 1.58 bits per heavy atom. The van der Waals surface area contributed by atoms with Gasteiger partial charge in [0, 0.05) is 31.4 Å². The van der Waals surface area contributed by atoms with Crippen LogP contribution in [0, 0.1) is 0 Å². The van der Waals surface area contributed by atoms with Gasteiger partial charge in [0.2, 0.25) is 5.95 Å². The number of alkyl halides is 6. The van der Waals surface area contributed by atoms with Gasteiger partial charge in [0.1, 0.15) is 5.56 Å². The summed E-state index contributed by atoms with van der Waals surface area (Å²) in [5, 5.41) is 11.8. The van der Waals surface area contributed by atoms with E-state index in [2.05, 4.69) is 15.3 Å². The number of carboxylic acid groups (broad SMARTS) is 1. The maximum atomic E-state index is 12.4. The van der Waals surface area contributed by atoms with Crippen LogP contribution >= 0.6 is 0 Å². The Morgan fingerprint density at radius 3 is 2.08 bits per heavy atom. The smallest absolute Gasteiger partial charge is 0.416 e. The van der Waals surface area contributed by atoms with Crippen molar-refractivity contribution in [1.29, 1.82) is 0 Å². The van der Waals surface area contributed by atoms with Crippen molar-refractivity contribution >= 4 is 11.9 Å². The average Bonchev–Trinajstić information content (AvgIpc) is 2.89. The number of hydrogen-bond acceptors (Lipinski definition) is 6. The number of nitrogens with zero attached hydrogens (tertiary/aromatic N) is 3. The van der Waals surface area contributed by atoms with Gasteiger partial charge < -0.3 is 20.1 Å². The molecule has 1 fully saturated rings. The van der Waals surface area contributed by atoms with E-state index in [1.165, 1.54) is 13.2 Å². The molecule has 204 valence electrons. The number of nitrogens with one attached hydrogen (secondary N) is 1. The average molecular weight is 542 g/mol. The van der Waals surface area contributed by atoms with Crippen molar-refractivity contribution in [3.8, 4) is 11.3 Å². The van der Waals surface area contributed by atoms with Crippen molar-refractivity contribution in [2.24, 2.45) is 0 Å². The standard InChI is InChI=1S/C15H15N3O3.C10H9F6N/c19-14(20)12-10-16-15(18-6-8-21-9-7-18)17-13(12)11-4-2-1-3-5-11;1-17-5-6-2-7(9(11,12)13)4-8(3-6)10(14,15)16/h1-5,10H,6-9H2,(H,19,20);2-4,17H,5H2,1H3. The molecule has 0 amide bonds. The lowest BCUT2D eigenvalue weighted by Gasteiger charge is -2.27. The first-order chi connectivity index (χ1) is 17.9. The number of hydrogen-bond donors (Lipinski definition) is 2. The Kier molecular flexibility index (Phi) is 9.28. The van der Waals surface area contributed by atoms with Crippen LogP contribution in [0.2, 0.25) is 0 Å². The van der Waals surface area contributed by atoms with Gasteiger partial charge in [-0.1, -0.05) is 30.3 Å². The number of aromatic nitrogens is 2. The summed E-state index contributed by atoms with van der Waals surface area (Å²) in [5.74, 6) is -0.482. The van der Waals surface area contributed by atoms with E-state index >= 15 is 0 Å². The van der Waals surface area contributed by atoms with Crippen molar-refractivity contribution < 1.29 is 41.0 Å². The number of halogens is 6. The van der Waals surface area contributed by atoms with Gasteiger partial charge >= 0.3 is 18.3 Å². The fourth-order valence-electron chi connectivity index (χ4n) is 3.59. The van der Waals surface area contributed by atoms with Crippen LogP contribution < -0.4 is 10.2 Å². The van der Waals surface area contributed by atoms with Gasteiger partial charge in [-0.25, -0.2) is 14.8 Å². The van der Waals surface area contributed by atoms with E-state index in [9.17, 15) is 36.2 Å². The minimum absolute atomic E-state index is 0.0605. The summed E-state index contributed by atoms with van der Waals surface area (Å²) in [7, 11) is 1.44. The number of benzene rings is 2. The third-order valence-corrected chi connectivity index (χ3v) is 5.38. The molecular formula is C25H24F6N4O3.